The Hall–Kier alpha value is 0.0900. The summed E-state index contributed by atoms with van der Waals surface area (Å²) in [4.78, 5) is 0. The van der Waals surface area contributed by atoms with Gasteiger partial charge in [-0.1, -0.05) is 42.6 Å². The van der Waals surface area contributed by atoms with Gasteiger partial charge in [-0.15, -0.1) is 11.6 Å². The van der Waals surface area contributed by atoms with Gasteiger partial charge in [0, 0.05) is 15.4 Å². The smallest absolute Gasteiger partial charge is 0.0452 e. The number of hydrogen-bond donors (Lipinski definition) is 0. The minimum absolute atomic E-state index is 0.168. The van der Waals surface area contributed by atoms with E-state index < -0.39 is 0 Å². The first-order valence-electron chi connectivity index (χ1n) is 5.12. The van der Waals surface area contributed by atoms with Gasteiger partial charge in [-0.25, -0.2) is 0 Å². The van der Waals surface area contributed by atoms with Gasteiger partial charge in [-0.05, 0) is 37.0 Å². The SMILES string of the molecule is CCC(Cc1ccc(Cl)cc1Cl)C(C)Cl. The minimum atomic E-state index is 0.168. The summed E-state index contributed by atoms with van der Waals surface area (Å²) in [5.41, 5.74) is 1.13. The van der Waals surface area contributed by atoms with E-state index >= 15 is 0 Å². The maximum absolute atomic E-state index is 6.11. The standard InChI is InChI=1S/C12H15Cl3/c1-3-9(8(2)13)6-10-4-5-11(14)7-12(10)15/h4-5,7-9H,3,6H2,1-2H3. The highest BCUT2D eigenvalue weighted by molar-refractivity contribution is 6.35. The predicted molar refractivity (Wildman–Crippen MR) is 69.3 cm³/mol. The summed E-state index contributed by atoms with van der Waals surface area (Å²) in [5.74, 6) is 0.463. The van der Waals surface area contributed by atoms with Crippen LogP contribution in [0.15, 0.2) is 18.2 Å². The Kier molecular flexibility index (Phi) is 5.25. The van der Waals surface area contributed by atoms with Gasteiger partial charge in [0.25, 0.3) is 0 Å². The Labute approximate surface area is 107 Å². The van der Waals surface area contributed by atoms with Crippen molar-refractivity contribution >= 4 is 34.8 Å². The summed E-state index contributed by atoms with van der Waals surface area (Å²) >= 11 is 18.1. The fraction of sp³-hybridized carbons (Fsp3) is 0.500. The second-order valence-corrected chi connectivity index (χ2v) is 5.32. The fourth-order valence-electron chi connectivity index (χ4n) is 1.60. The lowest BCUT2D eigenvalue weighted by molar-refractivity contribution is 0.497. The lowest BCUT2D eigenvalue weighted by Crippen LogP contribution is -2.13. The summed E-state index contributed by atoms with van der Waals surface area (Å²) in [6, 6.07) is 5.63. The van der Waals surface area contributed by atoms with Crippen LogP contribution in [-0.4, -0.2) is 5.38 Å². The molecule has 84 valence electrons. The lowest BCUT2D eigenvalue weighted by Gasteiger charge is -2.18. The van der Waals surface area contributed by atoms with Crippen LogP contribution >= 0.6 is 34.8 Å². The van der Waals surface area contributed by atoms with Gasteiger partial charge in [0.1, 0.15) is 0 Å². The van der Waals surface area contributed by atoms with E-state index in [-0.39, 0.29) is 5.38 Å². The molecule has 0 spiro atoms. The molecule has 1 aromatic carbocycles. The lowest BCUT2D eigenvalue weighted by atomic mass is 9.94. The maximum atomic E-state index is 6.11. The maximum Gasteiger partial charge on any atom is 0.0452 e. The van der Waals surface area contributed by atoms with Gasteiger partial charge in [0.2, 0.25) is 0 Å². The summed E-state index contributed by atoms with van der Waals surface area (Å²) < 4.78 is 0. The summed E-state index contributed by atoms with van der Waals surface area (Å²) in [6.45, 7) is 4.17. The Bertz CT molecular complexity index is 321. The van der Waals surface area contributed by atoms with Crippen molar-refractivity contribution in [3.8, 4) is 0 Å². The van der Waals surface area contributed by atoms with Crippen LogP contribution < -0.4 is 0 Å². The molecule has 0 bridgehead atoms. The van der Waals surface area contributed by atoms with Crippen LogP contribution in [0.3, 0.4) is 0 Å². The highest BCUT2D eigenvalue weighted by Gasteiger charge is 2.15. The summed E-state index contributed by atoms with van der Waals surface area (Å²) in [6.07, 6.45) is 1.97. The second kappa shape index (κ2) is 5.98. The van der Waals surface area contributed by atoms with Crippen LogP contribution in [0.1, 0.15) is 25.8 Å². The van der Waals surface area contributed by atoms with Crippen molar-refractivity contribution in [3.63, 3.8) is 0 Å². The van der Waals surface area contributed by atoms with Crippen molar-refractivity contribution < 1.29 is 0 Å². The van der Waals surface area contributed by atoms with E-state index in [1.54, 1.807) is 6.07 Å². The molecule has 3 heteroatoms. The molecule has 0 aromatic heterocycles. The van der Waals surface area contributed by atoms with Gasteiger partial charge < -0.3 is 0 Å². The number of rotatable bonds is 4. The molecule has 0 saturated heterocycles. The predicted octanol–water partition coefficient (Wildman–Crippen LogP) is 5.19. The van der Waals surface area contributed by atoms with E-state index in [0.29, 0.717) is 10.9 Å². The van der Waals surface area contributed by atoms with Crippen LogP contribution in [0.2, 0.25) is 10.0 Å². The van der Waals surface area contributed by atoms with Crippen molar-refractivity contribution in [3.05, 3.63) is 33.8 Å². The molecule has 15 heavy (non-hydrogen) atoms. The second-order valence-electron chi connectivity index (χ2n) is 3.79. The normalized spacial score (nSPS) is 15.0. The van der Waals surface area contributed by atoms with Crippen molar-refractivity contribution in [1.82, 2.24) is 0 Å². The topological polar surface area (TPSA) is 0 Å². The van der Waals surface area contributed by atoms with Crippen molar-refractivity contribution in [2.24, 2.45) is 5.92 Å². The molecule has 0 aliphatic rings. The van der Waals surface area contributed by atoms with Gasteiger partial charge in [0.15, 0.2) is 0 Å². The molecule has 0 nitrogen and oxygen atoms in total. The number of alkyl halides is 1. The van der Waals surface area contributed by atoms with Gasteiger partial charge in [0.05, 0.1) is 0 Å². The van der Waals surface area contributed by atoms with E-state index in [1.807, 2.05) is 19.1 Å². The Morgan fingerprint density at radius 3 is 2.40 bits per heavy atom. The average molecular weight is 266 g/mol. The first kappa shape index (κ1) is 13.2. The molecular weight excluding hydrogens is 250 g/mol. The molecule has 2 atom stereocenters. The highest BCUT2D eigenvalue weighted by atomic mass is 35.5. The zero-order valence-electron chi connectivity index (χ0n) is 8.93. The van der Waals surface area contributed by atoms with Gasteiger partial charge >= 0.3 is 0 Å². The molecule has 0 heterocycles. The molecule has 1 rings (SSSR count). The van der Waals surface area contributed by atoms with Crippen LogP contribution in [0.25, 0.3) is 0 Å². The van der Waals surface area contributed by atoms with E-state index in [0.717, 1.165) is 23.4 Å². The van der Waals surface area contributed by atoms with Crippen LogP contribution in [0, 0.1) is 5.92 Å². The highest BCUT2D eigenvalue weighted by Crippen LogP contribution is 2.26. The third-order valence-electron chi connectivity index (χ3n) is 2.67. The third-order valence-corrected chi connectivity index (χ3v) is 3.61. The largest absolute Gasteiger partial charge is 0.123 e. The molecule has 0 aliphatic heterocycles. The van der Waals surface area contributed by atoms with Crippen LogP contribution in [0.4, 0.5) is 0 Å². The van der Waals surface area contributed by atoms with Crippen molar-refractivity contribution in [2.75, 3.05) is 0 Å². The average Bonchev–Trinajstić information content (AvgIpc) is 2.16. The first-order valence-corrected chi connectivity index (χ1v) is 6.31. The van der Waals surface area contributed by atoms with E-state index in [1.165, 1.54) is 0 Å². The molecule has 0 fully saturated rings. The molecule has 2 unspecified atom stereocenters. The third kappa shape index (κ3) is 3.86. The molecule has 0 radical (unpaired) electrons. The first-order chi connectivity index (χ1) is 7.04. The van der Waals surface area contributed by atoms with Gasteiger partial charge in [-0.2, -0.15) is 0 Å². The summed E-state index contributed by atoms with van der Waals surface area (Å²) in [7, 11) is 0. The molecule has 0 N–H and O–H groups in total. The molecule has 1 aromatic rings. The van der Waals surface area contributed by atoms with Crippen LogP contribution in [-0.2, 0) is 6.42 Å². The van der Waals surface area contributed by atoms with Crippen LogP contribution in [0.5, 0.6) is 0 Å². The van der Waals surface area contributed by atoms with E-state index in [4.69, 9.17) is 34.8 Å². The summed E-state index contributed by atoms with van der Waals surface area (Å²) in [5, 5.41) is 1.58. The quantitative estimate of drug-likeness (QED) is 0.657. The Balaban J connectivity index is 2.79. The van der Waals surface area contributed by atoms with Crippen molar-refractivity contribution in [1.29, 1.82) is 0 Å². The number of benzene rings is 1. The monoisotopic (exact) mass is 264 g/mol. The minimum Gasteiger partial charge on any atom is -0.123 e. The fourth-order valence-corrected chi connectivity index (χ4v) is 2.35. The zero-order valence-corrected chi connectivity index (χ0v) is 11.2. The van der Waals surface area contributed by atoms with E-state index in [9.17, 15) is 0 Å². The molecule has 0 aliphatic carbocycles. The van der Waals surface area contributed by atoms with Gasteiger partial charge in [-0.3, -0.25) is 0 Å². The van der Waals surface area contributed by atoms with Crippen molar-refractivity contribution in [2.45, 2.75) is 32.1 Å². The zero-order chi connectivity index (χ0) is 11.4. The molecule has 0 amide bonds. The molecular formula is C12H15Cl3. The number of hydrogen-bond acceptors (Lipinski definition) is 0. The van der Waals surface area contributed by atoms with E-state index in [2.05, 4.69) is 6.92 Å². The number of halogens is 3. The Morgan fingerprint density at radius 1 is 1.27 bits per heavy atom. The Morgan fingerprint density at radius 2 is 1.93 bits per heavy atom. The molecule has 0 saturated carbocycles.